The summed E-state index contributed by atoms with van der Waals surface area (Å²) in [4.78, 5) is 11.8. The molecule has 0 spiro atoms. The van der Waals surface area contributed by atoms with Crippen LogP contribution in [0.4, 0.5) is 10.5 Å². The summed E-state index contributed by atoms with van der Waals surface area (Å²) in [5, 5.41) is 19.3. The van der Waals surface area contributed by atoms with Gasteiger partial charge in [-0.05, 0) is 31.5 Å². The highest BCUT2D eigenvalue weighted by Gasteiger charge is 2.29. The van der Waals surface area contributed by atoms with Crippen molar-refractivity contribution in [3.8, 4) is 0 Å². The number of aliphatic hydroxyl groups is 1. The predicted octanol–water partition coefficient (Wildman–Crippen LogP) is 2.65. The first-order chi connectivity index (χ1) is 9.50. The van der Waals surface area contributed by atoms with Crippen LogP contribution in [0, 0.1) is 0 Å². The van der Waals surface area contributed by atoms with Crippen molar-refractivity contribution < 1.29 is 9.90 Å². The Labute approximate surface area is 139 Å². The van der Waals surface area contributed by atoms with Gasteiger partial charge in [0, 0.05) is 13.1 Å². The lowest BCUT2D eigenvalue weighted by Crippen LogP contribution is -2.53. The average molecular weight is 355 g/mol. The van der Waals surface area contributed by atoms with Gasteiger partial charge in [-0.3, -0.25) is 0 Å². The molecular formula is C13H18Cl3N3O2. The average Bonchev–Trinajstić information content (AvgIpc) is 2.43. The minimum Gasteiger partial charge on any atom is -0.387 e. The van der Waals surface area contributed by atoms with Crippen LogP contribution in [0.5, 0.6) is 0 Å². The molecular weight excluding hydrogens is 337 g/mol. The lowest BCUT2D eigenvalue weighted by atomic mass is 9.94. The largest absolute Gasteiger partial charge is 0.387 e. The van der Waals surface area contributed by atoms with E-state index in [9.17, 15) is 9.90 Å². The van der Waals surface area contributed by atoms with Gasteiger partial charge in [-0.2, -0.15) is 0 Å². The molecule has 1 aromatic carbocycles. The summed E-state index contributed by atoms with van der Waals surface area (Å²) in [5.74, 6) is 0. The fraction of sp³-hybridized carbons (Fsp3) is 0.462. The number of halogens is 3. The molecule has 4 N–H and O–H groups in total. The van der Waals surface area contributed by atoms with Crippen LogP contribution in [0.3, 0.4) is 0 Å². The Kier molecular flexibility index (Phi) is 7.03. The zero-order valence-corrected chi connectivity index (χ0v) is 13.6. The Bertz CT molecular complexity index is 494. The molecule has 0 bridgehead atoms. The molecule has 1 aliphatic rings. The van der Waals surface area contributed by atoms with Crippen molar-refractivity contribution in [2.24, 2.45) is 0 Å². The topological polar surface area (TPSA) is 73.4 Å². The van der Waals surface area contributed by atoms with Gasteiger partial charge in [-0.25, -0.2) is 4.79 Å². The van der Waals surface area contributed by atoms with E-state index in [-0.39, 0.29) is 19.0 Å². The molecule has 1 unspecified atom stereocenters. The highest BCUT2D eigenvalue weighted by Crippen LogP contribution is 2.29. The first-order valence-electron chi connectivity index (χ1n) is 6.42. The Morgan fingerprint density at radius 1 is 1.43 bits per heavy atom. The van der Waals surface area contributed by atoms with Crippen molar-refractivity contribution in [2.75, 3.05) is 25.0 Å². The molecule has 1 heterocycles. The summed E-state index contributed by atoms with van der Waals surface area (Å²) >= 11 is 11.8. The number of β-amino-alcohol motifs (C(OH)–C–C–N with tert-alkyl or cyclic N) is 1. The standard InChI is InChI=1S/C13H17Cl2N3O2.ClH/c14-9-3-1-4-10(11(9)15)18-12(19)17-8-13(20)5-2-6-16-7-13;/h1,3-4,16,20H,2,5-8H2,(H2,17,18,19);1H. The van der Waals surface area contributed by atoms with Crippen LogP contribution >= 0.6 is 35.6 Å². The second-order valence-electron chi connectivity index (χ2n) is 4.91. The van der Waals surface area contributed by atoms with Crippen LogP contribution in [0.1, 0.15) is 12.8 Å². The number of nitrogens with one attached hydrogen (secondary N) is 3. The number of urea groups is 1. The Hall–Kier alpha value is -0.720. The van der Waals surface area contributed by atoms with Gasteiger partial charge < -0.3 is 21.1 Å². The molecule has 0 aromatic heterocycles. The summed E-state index contributed by atoms with van der Waals surface area (Å²) in [6.07, 6.45) is 1.55. The Morgan fingerprint density at radius 2 is 2.19 bits per heavy atom. The number of carbonyl (C=O) groups excluding carboxylic acids is 1. The number of rotatable bonds is 3. The van der Waals surface area contributed by atoms with Crippen LogP contribution in [0.25, 0.3) is 0 Å². The third-order valence-electron chi connectivity index (χ3n) is 3.23. The van der Waals surface area contributed by atoms with Crippen LogP contribution in [0.2, 0.25) is 10.0 Å². The van der Waals surface area contributed by atoms with E-state index in [2.05, 4.69) is 16.0 Å². The normalized spacial score (nSPS) is 21.3. The molecule has 0 radical (unpaired) electrons. The Balaban J connectivity index is 0.00000220. The van der Waals surface area contributed by atoms with Gasteiger partial charge in [0.25, 0.3) is 0 Å². The van der Waals surface area contributed by atoms with Crippen LogP contribution in [-0.2, 0) is 0 Å². The lowest BCUT2D eigenvalue weighted by molar-refractivity contribution is 0.0198. The van der Waals surface area contributed by atoms with E-state index >= 15 is 0 Å². The molecule has 1 fully saturated rings. The third-order valence-corrected chi connectivity index (χ3v) is 4.05. The number of benzene rings is 1. The summed E-state index contributed by atoms with van der Waals surface area (Å²) < 4.78 is 0. The molecule has 1 aliphatic heterocycles. The second-order valence-corrected chi connectivity index (χ2v) is 5.70. The van der Waals surface area contributed by atoms with Gasteiger partial charge in [0.1, 0.15) is 0 Å². The van der Waals surface area contributed by atoms with Crippen LogP contribution in [0.15, 0.2) is 18.2 Å². The molecule has 8 heteroatoms. The molecule has 5 nitrogen and oxygen atoms in total. The van der Waals surface area contributed by atoms with Gasteiger partial charge in [0.2, 0.25) is 0 Å². The van der Waals surface area contributed by atoms with Crippen molar-refractivity contribution in [2.45, 2.75) is 18.4 Å². The van der Waals surface area contributed by atoms with Gasteiger partial charge >= 0.3 is 6.03 Å². The van der Waals surface area contributed by atoms with Crippen LogP contribution in [-0.4, -0.2) is 36.4 Å². The number of carbonyl (C=O) groups is 1. The molecule has 118 valence electrons. The van der Waals surface area contributed by atoms with E-state index in [1.807, 2.05) is 0 Å². The molecule has 1 saturated heterocycles. The quantitative estimate of drug-likeness (QED) is 0.674. The van der Waals surface area contributed by atoms with Crippen molar-refractivity contribution >= 4 is 47.3 Å². The van der Waals surface area contributed by atoms with Gasteiger partial charge in [0.05, 0.1) is 21.3 Å². The van der Waals surface area contributed by atoms with E-state index < -0.39 is 11.6 Å². The minimum absolute atomic E-state index is 0. The predicted molar refractivity (Wildman–Crippen MR) is 87.8 cm³/mol. The van der Waals surface area contributed by atoms with Gasteiger partial charge in [-0.15, -0.1) is 12.4 Å². The molecule has 2 amide bonds. The summed E-state index contributed by atoms with van der Waals surface area (Å²) in [6.45, 7) is 1.56. The second kappa shape index (κ2) is 8.06. The summed E-state index contributed by atoms with van der Waals surface area (Å²) in [6, 6.07) is 4.57. The number of hydrogen-bond acceptors (Lipinski definition) is 3. The third kappa shape index (κ3) is 5.20. The molecule has 2 rings (SSSR count). The molecule has 1 aromatic rings. The Morgan fingerprint density at radius 3 is 2.86 bits per heavy atom. The fourth-order valence-electron chi connectivity index (χ4n) is 2.11. The van der Waals surface area contributed by atoms with Crippen molar-refractivity contribution in [1.82, 2.24) is 10.6 Å². The zero-order valence-electron chi connectivity index (χ0n) is 11.3. The SMILES string of the molecule is Cl.O=C(NCC1(O)CCCNC1)Nc1cccc(Cl)c1Cl. The monoisotopic (exact) mass is 353 g/mol. The van der Waals surface area contributed by atoms with E-state index in [0.29, 0.717) is 28.7 Å². The first kappa shape index (κ1) is 18.3. The molecule has 0 aliphatic carbocycles. The maximum atomic E-state index is 11.8. The minimum atomic E-state index is -0.895. The molecule has 0 saturated carbocycles. The number of piperidine rings is 1. The zero-order chi connectivity index (χ0) is 14.6. The van der Waals surface area contributed by atoms with Crippen molar-refractivity contribution in [3.05, 3.63) is 28.2 Å². The number of anilines is 1. The van der Waals surface area contributed by atoms with E-state index in [4.69, 9.17) is 23.2 Å². The highest BCUT2D eigenvalue weighted by molar-refractivity contribution is 6.43. The summed E-state index contributed by atoms with van der Waals surface area (Å²) in [7, 11) is 0. The molecule has 1 atom stereocenters. The van der Waals surface area contributed by atoms with Crippen molar-refractivity contribution in [3.63, 3.8) is 0 Å². The summed E-state index contributed by atoms with van der Waals surface area (Å²) in [5.41, 5.74) is -0.460. The van der Waals surface area contributed by atoms with Gasteiger partial charge in [0.15, 0.2) is 0 Å². The maximum Gasteiger partial charge on any atom is 0.319 e. The maximum absolute atomic E-state index is 11.8. The smallest absolute Gasteiger partial charge is 0.319 e. The number of hydrogen-bond donors (Lipinski definition) is 4. The first-order valence-corrected chi connectivity index (χ1v) is 7.18. The highest BCUT2D eigenvalue weighted by atomic mass is 35.5. The fourth-order valence-corrected chi connectivity index (χ4v) is 2.46. The number of amides is 2. The molecule has 21 heavy (non-hydrogen) atoms. The van der Waals surface area contributed by atoms with Crippen molar-refractivity contribution in [1.29, 1.82) is 0 Å². The lowest BCUT2D eigenvalue weighted by Gasteiger charge is -2.32. The van der Waals surface area contributed by atoms with Crippen LogP contribution < -0.4 is 16.0 Å². The van der Waals surface area contributed by atoms with E-state index in [0.717, 1.165) is 13.0 Å². The van der Waals surface area contributed by atoms with E-state index in [1.165, 1.54) is 0 Å². The van der Waals surface area contributed by atoms with E-state index in [1.54, 1.807) is 18.2 Å². The van der Waals surface area contributed by atoms with Gasteiger partial charge in [-0.1, -0.05) is 29.3 Å².